The van der Waals surface area contributed by atoms with Crippen LogP contribution in [0.5, 0.6) is 5.75 Å². The van der Waals surface area contributed by atoms with Crippen molar-refractivity contribution in [2.24, 2.45) is 0 Å². The second kappa shape index (κ2) is 5.80. The van der Waals surface area contributed by atoms with E-state index in [4.69, 9.17) is 4.74 Å². The first-order valence-corrected chi connectivity index (χ1v) is 6.40. The molecule has 0 amide bonds. The smallest absolute Gasteiger partial charge is 0.134 e. The van der Waals surface area contributed by atoms with Gasteiger partial charge in [-0.3, -0.25) is 4.98 Å². The first kappa shape index (κ1) is 12.1. The molecule has 0 aliphatic carbocycles. The van der Waals surface area contributed by atoms with Gasteiger partial charge in [0.1, 0.15) is 5.75 Å². The molecule has 0 aromatic carbocycles. The minimum absolute atomic E-state index is 0.272. The fourth-order valence-electron chi connectivity index (χ4n) is 1.81. The third-order valence-electron chi connectivity index (χ3n) is 2.70. The second-order valence-electron chi connectivity index (χ2n) is 3.76. The lowest BCUT2D eigenvalue weighted by Gasteiger charge is -2.16. The zero-order valence-corrected chi connectivity index (χ0v) is 10.8. The number of thiophene rings is 1. The van der Waals surface area contributed by atoms with Crippen LogP contribution >= 0.6 is 11.3 Å². The fourth-order valence-corrected chi connectivity index (χ4v) is 2.78. The lowest BCUT2D eigenvalue weighted by Crippen LogP contribution is -2.18. The van der Waals surface area contributed by atoms with Gasteiger partial charge in [0.2, 0.25) is 0 Å². The topological polar surface area (TPSA) is 34.2 Å². The zero-order valence-electron chi connectivity index (χ0n) is 10.0. The number of hydrogen-bond acceptors (Lipinski definition) is 4. The van der Waals surface area contributed by atoms with E-state index >= 15 is 0 Å². The maximum absolute atomic E-state index is 5.36. The van der Waals surface area contributed by atoms with Crippen molar-refractivity contribution >= 4 is 11.3 Å². The van der Waals surface area contributed by atoms with E-state index in [1.165, 1.54) is 10.4 Å². The SMILES string of the molecule is CNC(Cc1cccnc1)c1sccc1OC. The Labute approximate surface area is 105 Å². The summed E-state index contributed by atoms with van der Waals surface area (Å²) in [5.41, 5.74) is 1.22. The Morgan fingerprint density at radius 1 is 1.47 bits per heavy atom. The van der Waals surface area contributed by atoms with Crippen molar-refractivity contribution in [3.63, 3.8) is 0 Å². The molecule has 1 atom stereocenters. The molecular formula is C13H16N2OS. The van der Waals surface area contributed by atoms with Crippen LogP contribution in [0, 0.1) is 0 Å². The zero-order chi connectivity index (χ0) is 12.1. The molecule has 0 spiro atoms. The number of nitrogens with one attached hydrogen (secondary N) is 1. The van der Waals surface area contributed by atoms with E-state index < -0.39 is 0 Å². The number of rotatable bonds is 5. The van der Waals surface area contributed by atoms with E-state index in [-0.39, 0.29) is 6.04 Å². The van der Waals surface area contributed by atoms with Gasteiger partial charge in [0.15, 0.2) is 0 Å². The normalized spacial score (nSPS) is 12.4. The van der Waals surface area contributed by atoms with Gasteiger partial charge in [0.05, 0.1) is 12.0 Å². The summed E-state index contributed by atoms with van der Waals surface area (Å²) >= 11 is 1.72. The van der Waals surface area contributed by atoms with Gasteiger partial charge in [-0.15, -0.1) is 11.3 Å². The molecule has 3 nitrogen and oxygen atoms in total. The molecule has 2 aromatic heterocycles. The van der Waals surface area contributed by atoms with Gasteiger partial charge in [-0.25, -0.2) is 0 Å². The first-order chi connectivity index (χ1) is 8.35. The summed E-state index contributed by atoms with van der Waals surface area (Å²) in [6.07, 6.45) is 4.62. The molecule has 1 N–H and O–H groups in total. The molecule has 0 fully saturated rings. The maximum Gasteiger partial charge on any atom is 0.134 e. The molecule has 0 bridgehead atoms. The van der Waals surface area contributed by atoms with Crippen molar-refractivity contribution in [3.8, 4) is 5.75 Å². The third kappa shape index (κ3) is 2.84. The van der Waals surface area contributed by atoms with E-state index in [1.54, 1.807) is 24.6 Å². The molecule has 0 saturated heterocycles. The van der Waals surface area contributed by atoms with Crippen molar-refractivity contribution in [1.29, 1.82) is 0 Å². The number of nitrogens with zero attached hydrogens (tertiary/aromatic N) is 1. The Kier molecular flexibility index (Phi) is 4.12. The second-order valence-corrected chi connectivity index (χ2v) is 4.71. The molecule has 0 radical (unpaired) electrons. The predicted octanol–water partition coefficient (Wildman–Crippen LogP) is 2.65. The maximum atomic E-state index is 5.36. The molecule has 0 aliphatic heterocycles. The van der Waals surface area contributed by atoms with E-state index in [2.05, 4.69) is 21.7 Å². The lowest BCUT2D eigenvalue weighted by molar-refractivity contribution is 0.405. The van der Waals surface area contributed by atoms with Gasteiger partial charge in [-0.2, -0.15) is 0 Å². The van der Waals surface area contributed by atoms with E-state index in [1.807, 2.05) is 25.4 Å². The summed E-state index contributed by atoms with van der Waals surface area (Å²) in [4.78, 5) is 5.38. The summed E-state index contributed by atoms with van der Waals surface area (Å²) in [6, 6.07) is 6.34. The van der Waals surface area contributed by atoms with Crippen molar-refractivity contribution in [2.75, 3.05) is 14.2 Å². The summed E-state index contributed by atoms with van der Waals surface area (Å²) in [5.74, 6) is 0.957. The Morgan fingerprint density at radius 3 is 3.00 bits per heavy atom. The number of methoxy groups -OCH3 is 1. The van der Waals surface area contributed by atoms with Gasteiger partial charge < -0.3 is 10.1 Å². The quantitative estimate of drug-likeness (QED) is 0.883. The minimum atomic E-state index is 0.272. The highest BCUT2D eigenvalue weighted by Gasteiger charge is 2.16. The van der Waals surface area contributed by atoms with Crippen LogP contribution in [0.3, 0.4) is 0 Å². The summed E-state index contributed by atoms with van der Waals surface area (Å²) in [7, 11) is 3.68. The van der Waals surface area contributed by atoms with Crippen LogP contribution in [0.4, 0.5) is 0 Å². The third-order valence-corrected chi connectivity index (χ3v) is 3.72. The van der Waals surface area contributed by atoms with Gasteiger partial charge in [-0.05, 0) is 36.5 Å². The summed E-state index contributed by atoms with van der Waals surface area (Å²) in [6.45, 7) is 0. The van der Waals surface area contributed by atoms with Crippen LogP contribution in [0.2, 0.25) is 0 Å². The van der Waals surface area contributed by atoms with Crippen LogP contribution in [-0.2, 0) is 6.42 Å². The fraction of sp³-hybridized carbons (Fsp3) is 0.308. The van der Waals surface area contributed by atoms with E-state index in [9.17, 15) is 0 Å². The van der Waals surface area contributed by atoms with Crippen LogP contribution in [-0.4, -0.2) is 19.1 Å². The molecule has 2 aromatic rings. The Hall–Kier alpha value is -1.39. The average Bonchev–Trinajstić information content (AvgIpc) is 2.85. The largest absolute Gasteiger partial charge is 0.496 e. The lowest BCUT2D eigenvalue weighted by atomic mass is 10.1. The van der Waals surface area contributed by atoms with Crippen molar-refractivity contribution < 1.29 is 4.74 Å². The molecule has 2 rings (SSSR count). The van der Waals surface area contributed by atoms with Gasteiger partial charge >= 0.3 is 0 Å². The molecular weight excluding hydrogens is 232 g/mol. The Balaban J connectivity index is 2.17. The van der Waals surface area contributed by atoms with Crippen molar-refractivity contribution in [1.82, 2.24) is 10.3 Å². The number of ether oxygens (including phenoxy) is 1. The number of aromatic nitrogens is 1. The van der Waals surface area contributed by atoms with Gasteiger partial charge in [0, 0.05) is 18.4 Å². The average molecular weight is 248 g/mol. The van der Waals surface area contributed by atoms with Crippen LogP contribution in [0.25, 0.3) is 0 Å². The molecule has 17 heavy (non-hydrogen) atoms. The van der Waals surface area contributed by atoms with Gasteiger partial charge in [-0.1, -0.05) is 6.07 Å². The van der Waals surface area contributed by atoms with Crippen LogP contribution in [0.1, 0.15) is 16.5 Å². The molecule has 1 unspecified atom stereocenters. The van der Waals surface area contributed by atoms with E-state index in [0.29, 0.717) is 0 Å². The Bertz CT molecular complexity index is 455. The standard InChI is InChI=1S/C13H16N2OS/c1-14-11(8-10-4-3-6-15-9-10)13-12(16-2)5-7-17-13/h3-7,9,11,14H,8H2,1-2H3. The molecule has 0 aliphatic rings. The number of likely N-dealkylation sites (N-methyl/N-ethyl adjacent to an activating group) is 1. The molecule has 2 heterocycles. The van der Waals surface area contributed by atoms with E-state index in [0.717, 1.165) is 12.2 Å². The molecule has 4 heteroatoms. The highest BCUT2D eigenvalue weighted by Crippen LogP contribution is 2.32. The van der Waals surface area contributed by atoms with Gasteiger partial charge in [0.25, 0.3) is 0 Å². The summed E-state index contributed by atoms with van der Waals surface area (Å²) < 4.78 is 5.36. The number of hydrogen-bond donors (Lipinski definition) is 1. The molecule has 0 saturated carbocycles. The highest BCUT2D eigenvalue weighted by atomic mass is 32.1. The van der Waals surface area contributed by atoms with Crippen LogP contribution < -0.4 is 10.1 Å². The van der Waals surface area contributed by atoms with Crippen LogP contribution in [0.15, 0.2) is 36.0 Å². The summed E-state index contributed by atoms with van der Waals surface area (Å²) in [5, 5.41) is 5.39. The number of pyridine rings is 1. The predicted molar refractivity (Wildman–Crippen MR) is 70.6 cm³/mol. The minimum Gasteiger partial charge on any atom is -0.496 e. The Morgan fingerprint density at radius 2 is 2.35 bits per heavy atom. The van der Waals surface area contributed by atoms with Crippen molar-refractivity contribution in [2.45, 2.75) is 12.5 Å². The van der Waals surface area contributed by atoms with Crippen molar-refractivity contribution in [3.05, 3.63) is 46.4 Å². The monoisotopic (exact) mass is 248 g/mol. The first-order valence-electron chi connectivity index (χ1n) is 5.52. The molecule has 90 valence electrons. The highest BCUT2D eigenvalue weighted by molar-refractivity contribution is 7.10.